The van der Waals surface area contributed by atoms with E-state index in [4.69, 9.17) is 4.74 Å². The molecular formula is C17H31NO2. The van der Waals surface area contributed by atoms with Crippen molar-refractivity contribution in [1.29, 1.82) is 0 Å². The molecule has 2 rings (SSSR count). The van der Waals surface area contributed by atoms with Gasteiger partial charge in [0.2, 0.25) is 0 Å². The third-order valence-corrected chi connectivity index (χ3v) is 5.16. The first-order valence-corrected chi connectivity index (χ1v) is 8.61. The van der Waals surface area contributed by atoms with Crippen LogP contribution in [0.5, 0.6) is 0 Å². The highest BCUT2D eigenvalue weighted by Gasteiger charge is 2.25. The molecule has 1 unspecified atom stereocenters. The van der Waals surface area contributed by atoms with Crippen LogP contribution in [-0.4, -0.2) is 25.7 Å². The van der Waals surface area contributed by atoms with E-state index in [0.717, 1.165) is 18.9 Å². The molecule has 0 aliphatic heterocycles. The van der Waals surface area contributed by atoms with Crippen molar-refractivity contribution in [3.63, 3.8) is 0 Å². The summed E-state index contributed by atoms with van der Waals surface area (Å²) in [6, 6.07) is -0.0787. The van der Waals surface area contributed by atoms with Crippen LogP contribution >= 0.6 is 0 Å². The van der Waals surface area contributed by atoms with E-state index in [1.165, 1.54) is 71.3 Å². The number of hydrogen-bond acceptors (Lipinski definition) is 3. The second kappa shape index (κ2) is 8.66. The predicted octanol–water partition coefficient (Wildman–Crippen LogP) is 3.67. The fraction of sp³-hybridized carbons (Fsp3) is 0.941. The maximum absolute atomic E-state index is 12.0. The topological polar surface area (TPSA) is 38.3 Å². The zero-order valence-electron chi connectivity index (χ0n) is 13.0. The highest BCUT2D eigenvalue weighted by Crippen LogP contribution is 2.28. The van der Waals surface area contributed by atoms with Crippen LogP contribution in [0.3, 0.4) is 0 Å². The van der Waals surface area contributed by atoms with Gasteiger partial charge in [-0.3, -0.25) is 4.79 Å². The number of rotatable bonds is 6. The van der Waals surface area contributed by atoms with E-state index in [-0.39, 0.29) is 12.0 Å². The van der Waals surface area contributed by atoms with Crippen molar-refractivity contribution in [2.45, 2.75) is 76.7 Å². The van der Waals surface area contributed by atoms with Crippen LogP contribution in [0, 0.1) is 11.8 Å². The molecule has 0 amide bonds. The minimum Gasteiger partial charge on any atom is -0.468 e. The number of esters is 1. The maximum Gasteiger partial charge on any atom is 0.322 e. The summed E-state index contributed by atoms with van der Waals surface area (Å²) in [4.78, 5) is 12.0. The molecule has 3 heteroatoms. The molecule has 1 N–H and O–H groups in total. The largest absolute Gasteiger partial charge is 0.468 e. The SMILES string of the molecule is COC(=O)C(CC1CCCCC1)NCC1CCCCC1. The second-order valence-electron chi connectivity index (χ2n) is 6.73. The van der Waals surface area contributed by atoms with E-state index in [1.54, 1.807) is 0 Å². The van der Waals surface area contributed by atoms with Gasteiger partial charge in [0.25, 0.3) is 0 Å². The lowest BCUT2D eigenvalue weighted by Gasteiger charge is -2.28. The molecule has 2 saturated carbocycles. The lowest BCUT2D eigenvalue weighted by molar-refractivity contribution is -0.143. The molecule has 2 aliphatic carbocycles. The first kappa shape index (κ1) is 15.8. The summed E-state index contributed by atoms with van der Waals surface area (Å²) in [6.07, 6.45) is 14.3. The van der Waals surface area contributed by atoms with Gasteiger partial charge < -0.3 is 10.1 Å². The van der Waals surface area contributed by atoms with E-state index >= 15 is 0 Å². The maximum atomic E-state index is 12.0. The number of nitrogens with one attached hydrogen (secondary N) is 1. The highest BCUT2D eigenvalue weighted by atomic mass is 16.5. The average Bonchev–Trinajstić information content (AvgIpc) is 2.52. The summed E-state index contributed by atoms with van der Waals surface area (Å²) in [5.74, 6) is 1.42. The van der Waals surface area contributed by atoms with Gasteiger partial charge in [-0.05, 0) is 37.6 Å². The quantitative estimate of drug-likeness (QED) is 0.755. The molecule has 20 heavy (non-hydrogen) atoms. The Morgan fingerprint density at radius 3 is 2.10 bits per heavy atom. The van der Waals surface area contributed by atoms with Crippen LogP contribution in [0.2, 0.25) is 0 Å². The van der Waals surface area contributed by atoms with Crippen molar-refractivity contribution in [3.8, 4) is 0 Å². The van der Waals surface area contributed by atoms with Gasteiger partial charge in [-0.2, -0.15) is 0 Å². The fourth-order valence-corrected chi connectivity index (χ4v) is 3.86. The van der Waals surface area contributed by atoms with Gasteiger partial charge in [-0.15, -0.1) is 0 Å². The minimum absolute atomic E-state index is 0.0635. The van der Waals surface area contributed by atoms with Crippen molar-refractivity contribution in [2.24, 2.45) is 11.8 Å². The van der Waals surface area contributed by atoms with Crippen LogP contribution in [0.4, 0.5) is 0 Å². The number of methoxy groups -OCH3 is 1. The van der Waals surface area contributed by atoms with Gasteiger partial charge in [-0.25, -0.2) is 0 Å². The van der Waals surface area contributed by atoms with Crippen LogP contribution in [0.1, 0.15) is 70.6 Å². The standard InChI is InChI=1S/C17H31NO2/c1-20-17(19)16(12-14-8-4-2-5-9-14)18-13-15-10-6-3-7-11-15/h14-16,18H,2-13H2,1H3. The third-order valence-electron chi connectivity index (χ3n) is 5.16. The Balaban J connectivity index is 1.77. The lowest BCUT2D eigenvalue weighted by Crippen LogP contribution is -2.42. The van der Waals surface area contributed by atoms with Crippen LogP contribution in [-0.2, 0) is 9.53 Å². The lowest BCUT2D eigenvalue weighted by atomic mass is 9.84. The molecule has 0 radical (unpaired) electrons. The van der Waals surface area contributed by atoms with E-state index in [2.05, 4.69) is 5.32 Å². The molecule has 116 valence electrons. The Labute approximate surface area is 123 Å². The Morgan fingerprint density at radius 2 is 1.55 bits per heavy atom. The molecule has 3 nitrogen and oxygen atoms in total. The number of carbonyl (C=O) groups is 1. The fourth-order valence-electron chi connectivity index (χ4n) is 3.86. The van der Waals surface area contributed by atoms with Crippen LogP contribution in [0.15, 0.2) is 0 Å². The molecule has 2 fully saturated rings. The van der Waals surface area contributed by atoms with Crippen molar-refractivity contribution in [1.82, 2.24) is 5.32 Å². The number of hydrogen-bond donors (Lipinski definition) is 1. The zero-order valence-corrected chi connectivity index (χ0v) is 13.0. The summed E-state index contributed by atoms with van der Waals surface area (Å²) in [7, 11) is 1.51. The zero-order chi connectivity index (χ0) is 14.2. The predicted molar refractivity (Wildman–Crippen MR) is 81.6 cm³/mol. The molecule has 0 heterocycles. The van der Waals surface area contributed by atoms with Crippen molar-refractivity contribution < 1.29 is 9.53 Å². The van der Waals surface area contributed by atoms with E-state index in [1.807, 2.05) is 0 Å². The average molecular weight is 281 g/mol. The van der Waals surface area contributed by atoms with E-state index < -0.39 is 0 Å². The van der Waals surface area contributed by atoms with Gasteiger partial charge in [0.1, 0.15) is 6.04 Å². The normalized spacial score (nSPS) is 23.4. The number of ether oxygens (including phenoxy) is 1. The first-order valence-electron chi connectivity index (χ1n) is 8.61. The Kier molecular flexibility index (Phi) is 6.85. The molecule has 0 aromatic heterocycles. The summed E-state index contributed by atoms with van der Waals surface area (Å²) in [6.45, 7) is 0.993. The molecule has 0 spiro atoms. The Morgan fingerprint density at radius 1 is 1.00 bits per heavy atom. The van der Waals surface area contributed by atoms with Gasteiger partial charge in [0, 0.05) is 0 Å². The summed E-state index contributed by atoms with van der Waals surface area (Å²) >= 11 is 0. The van der Waals surface area contributed by atoms with Gasteiger partial charge in [0.05, 0.1) is 7.11 Å². The Bertz CT molecular complexity index is 281. The molecule has 2 aliphatic rings. The summed E-state index contributed by atoms with van der Waals surface area (Å²) < 4.78 is 4.99. The smallest absolute Gasteiger partial charge is 0.322 e. The molecule has 0 bridgehead atoms. The highest BCUT2D eigenvalue weighted by molar-refractivity contribution is 5.75. The van der Waals surface area contributed by atoms with Crippen molar-refractivity contribution >= 4 is 5.97 Å². The van der Waals surface area contributed by atoms with Crippen LogP contribution in [0.25, 0.3) is 0 Å². The molecule has 0 aromatic carbocycles. The van der Waals surface area contributed by atoms with Crippen LogP contribution < -0.4 is 5.32 Å². The third kappa shape index (κ3) is 5.08. The summed E-state index contributed by atoms with van der Waals surface area (Å²) in [5.41, 5.74) is 0. The van der Waals surface area contributed by atoms with Gasteiger partial charge in [0.15, 0.2) is 0 Å². The van der Waals surface area contributed by atoms with Gasteiger partial charge in [-0.1, -0.05) is 51.4 Å². The molecule has 1 atom stereocenters. The Hall–Kier alpha value is -0.570. The van der Waals surface area contributed by atoms with Crippen molar-refractivity contribution in [2.75, 3.05) is 13.7 Å². The van der Waals surface area contributed by atoms with E-state index in [0.29, 0.717) is 5.92 Å². The monoisotopic (exact) mass is 281 g/mol. The first-order chi connectivity index (χ1) is 9.79. The van der Waals surface area contributed by atoms with E-state index in [9.17, 15) is 4.79 Å². The summed E-state index contributed by atoms with van der Waals surface area (Å²) in [5, 5.41) is 3.51. The van der Waals surface area contributed by atoms with Gasteiger partial charge >= 0.3 is 5.97 Å². The van der Waals surface area contributed by atoms with Crippen molar-refractivity contribution in [3.05, 3.63) is 0 Å². The minimum atomic E-state index is -0.0787. The molecule has 0 aromatic rings. The molecular weight excluding hydrogens is 250 g/mol. The number of carbonyl (C=O) groups excluding carboxylic acids is 1. The molecule has 0 saturated heterocycles. The second-order valence-corrected chi connectivity index (χ2v) is 6.73.